The Labute approximate surface area is 169 Å². The lowest BCUT2D eigenvalue weighted by Crippen LogP contribution is -2.23. The van der Waals surface area contributed by atoms with Crippen LogP contribution >= 0.6 is 11.6 Å². The van der Waals surface area contributed by atoms with Crippen molar-refractivity contribution in [2.45, 2.75) is 33.9 Å². The van der Waals surface area contributed by atoms with Gasteiger partial charge in [0.2, 0.25) is 5.88 Å². The van der Waals surface area contributed by atoms with Crippen LogP contribution in [0.25, 0.3) is 0 Å². The van der Waals surface area contributed by atoms with E-state index in [0.29, 0.717) is 42.0 Å². The lowest BCUT2D eigenvalue weighted by atomic mass is 10.1. The SMILES string of the molecule is CCOc1cc(CNC(=O)c2c(C)nn(Cc3ccc(C)cc3)c2Cl)ccn1. The highest BCUT2D eigenvalue weighted by molar-refractivity contribution is 6.33. The number of hydrogen-bond donors (Lipinski definition) is 1. The Morgan fingerprint density at radius 3 is 2.64 bits per heavy atom. The quantitative estimate of drug-likeness (QED) is 0.654. The van der Waals surface area contributed by atoms with Crippen LogP contribution in [0.15, 0.2) is 42.6 Å². The van der Waals surface area contributed by atoms with Crippen molar-refractivity contribution in [2.75, 3.05) is 6.61 Å². The van der Waals surface area contributed by atoms with Crippen LogP contribution in [0.2, 0.25) is 5.15 Å². The maximum Gasteiger partial charge on any atom is 0.256 e. The number of ether oxygens (including phenoxy) is 1. The van der Waals surface area contributed by atoms with Crippen molar-refractivity contribution in [3.63, 3.8) is 0 Å². The second kappa shape index (κ2) is 8.89. The molecule has 0 spiro atoms. The molecule has 146 valence electrons. The fraction of sp³-hybridized carbons (Fsp3) is 0.286. The monoisotopic (exact) mass is 398 g/mol. The van der Waals surface area contributed by atoms with Gasteiger partial charge in [-0.2, -0.15) is 5.10 Å². The van der Waals surface area contributed by atoms with Crippen molar-refractivity contribution in [2.24, 2.45) is 0 Å². The highest BCUT2D eigenvalue weighted by Crippen LogP contribution is 2.21. The molecule has 0 saturated carbocycles. The largest absolute Gasteiger partial charge is 0.478 e. The summed E-state index contributed by atoms with van der Waals surface area (Å²) >= 11 is 6.46. The van der Waals surface area contributed by atoms with Crippen molar-refractivity contribution in [1.29, 1.82) is 0 Å². The molecule has 0 aliphatic carbocycles. The molecule has 0 radical (unpaired) electrons. The lowest BCUT2D eigenvalue weighted by Gasteiger charge is -2.08. The first kappa shape index (κ1) is 19.9. The molecule has 0 unspecified atom stereocenters. The van der Waals surface area contributed by atoms with Crippen LogP contribution in [-0.2, 0) is 13.1 Å². The highest BCUT2D eigenvalue weighted by Gasteiger charge is 2.20. The summed E-state index contributed by atoms with van der Waals surface area (Å²) in [5.41, 5.74) is 4.15. The number of halogens is 1. The van der Waals surface area contributed by atoms with Crippen LogP contribution in [-0.4, -0.2) is 27.3 Å². The third-order valence-corrected chi connectivity index (χ3v) is 4.67. The average molecular weight is 399 g/mol. The van der Waals surface area contributed by atoms with E-state index in [2.05, 4.69) is 15.4 Å². The third kappa shape index (κ3) is 4.70. The second-order valence-electron chi connectivity index (χ2n) is 6.51. The summed E-state index contributed by atoms with van der Waals surface area (Å²) in [7, 11) is 0. The molecule has 1 N–H and O–H groups in total. The minimum atomic E-state index is -0.257. The molecule has 0 bridgehead atoms. The molecule has 1 amide bonds. The minimum absolute atomic E-state index is 0.257. The summed E-state index contributed by atoms with van der Waals surface area (Å²) in [4.78, 5) is 16.8. The van der Waals surface area contributed by atoms with E-state index in [1.54, 1.807) is 23.9 Å². The molecular formula is C21H23ClN4O2. The van der Waals surface area contributed by atoms with Gasteiger partial charge in [0, 0.05) is 18.8 Å². The van der Waals surface area contributed by atoms with Crippen molar-refractivity contribution >= 4 is 17.5 Å². The van der Waals surface area contributed by atoms with E-state index in [0.717, 1.165) is 11.1 Å². The fourth-order valence-electron chi connectivity index (χ4n) is 2.84. The zero-order valence-corrected chi connectivity index (χ0v) is 17.0. The van der Waals surface area contributed by atoms with Gasteiger partial charge in [0.05, 0.1) is 24.4 Å². The number of benzene rings is 1. The van der Waals surface area contributed by atoms with Gasteiger partial charge in [-0.25, -0.2) is 9.67 Å². The summed E-state index contributed by atoms with van der Waals surface area (Å²) in [5.74, 6) is 0.279. The number of amides is 1. The number of carbonyl (C=O) groups is 1. The maximum absolute atomic E-state index is 12.7. The Balaban J connectivity index is 1.70. The molecule has 6 nitrogen and oxygen atoms in total. The van der Waals surface area contributed by atoms with Crippen LogP contribution in [0.5, 0.6) is 5.88 Å². The molecule has 0 fully saturated rings. The second-order valence-corrected chi connectivity index (χ2v) is 6.87. The standard InChI is InChI=1S/C21H23ClN4O2/c1-4-28-18-11-17(9-10-23-18)12-24-21(27)19-15(3)25-26(20(19)22)13-16-7-5-14(2)6-8-16/h5-11H,4,12-13H2,1-3H3,(H,24,27). The zero-order chi connectivity index (χ0) is 20.1. The van der Waals surface area contributed by atoms with E-state index in [-0.39, 0.29) is 5.91 Å². The molecule has 7 heteroatoms. The molecule has 2 heterocycles. The molecule has 3 aromatic rings. The number of pyridine rings is 1. The number of aryl methyl sites for hydroxylation is 2. The van der Waals surface area contributed by atoms with E-state index in [1.807, 2.05) is 44.2 Å². The Hall–Kier alpha value is -2.86. The highest BCUT2D eigenvalue weighted by atomic mass is 35.5. The summed E-state index contributed by atoms with van der Waals surface area (Å²) in [6.45, 7) is 7.12. The first-order chi connectivity index (χ1) is 13.5. The summed E-state index contributed by atoms with van der Waals surface area (Å²) in [6, 6.07) is 11.8. The minimum Gasteiger partial charge on any atom is -0.478 e. The van der Waals surface area contributed by atoms with Gasteiger partial charge < -0.3 is 10.1 Å². The van der Waals surface area contributed by atoms with Gasteiger partial charge >= 0.3 is 0 Å². The molecule has 0 aliphatic heterocycles. The Morgan fingerprint density at radius 2 is 1.93 bits per heavy atom. The van der Waals surface area contributed by atoms with Gasteiger partial charge in [0.15, 0.2) is 0 Å². The zero-order valence-electron chi connectivity index (χ0n) is 16.2. The van der Waals surface area contributed by atoms with Gasteiger partial charge in [-0.05, 0) is 38.0 Å². The lowest BCUT2D eigenvalue weighted by molar-refractivity contribution is 0.0950. The van der Waals surface area contributed by atoms with Crippen LogP contribution in [0, 0.1) is 13.8 Å². The smallest absolute Gasteiger partial charge is 0.256 e. The third-order valence-electron chi connectivity index (χ3n) is 4.29. The predicted octanol–water partition coefficient (Wildman–Crippen LogP) is 3.93. The van der Waals surface area contributed by atoms with E-state index in [9.17, 15) is 4.79 Å². The van der Waals surface area contributed by atoms with Gasteiger partial charge in [-0.15, -0.1) is 0 Å². The molecule has 0 atom stereocenters. The molecule has 0 aliphatic rings. The van der Waals surface area contributed by atoms with Crippen molar-refractivity contribution in [1.82, 2.24) is 20.1 Å². The van der Waals surface area contributed by atoms with Crippen molar-refractivity contribution in [3.05, 3.63) is 75.7 Å². The Bertz CT molecular complexity index is 967. The fourth-order valence-corrected chi connectivity index (χ4v) is 3.16. The van der Waals surface area contributed by atoms with Crippen LogP contribution in [0.4, 0.5) is 0 Å². The van der Waals surface area contributed by atoms with E-state index >= 15 is 0 Å². The number of nitrogens with zero attached hydrogens (tertiary/aromatic N) is 3. The summed E-state index contributed by atoms with van der Waals surface area (Å²) < 4.78 is 7.03. The summed E-state index contributed by atoms with van der Waals surface area (Å²) in [6.07, 6.45) is 1.66. The van der Waals surface area contributed by atoms with Gasteiger partial charge in [-0.1, -0.05) is 41.4 Å². The Kier molecular flexibility index (Phi) is 6.31. The van der Waals surface area contributed by atoms with Crippen LogP contribution < -0.4 is 10.1 Å². The van der Waals surface area contributed by atoms with Gasteiger partial charge in [0.25, 0.3) is 5.91 Å². The molecule has 28 heavy (non-hydrogen) atoms. The van der Waals surface area contributed by atoms with Crippen molar-refractivity contribution < 1.29 is 9.53 Å². The van der Waals surface area contributed by atoms with Crippen LogP contribution in [0.3, 0.4) is 0 Å². The molecule has 2 aromatic heterocycles. The number of hydrogen-bond acceptors (Lipinski definition) is 4. The summed E-state index contributed by atoms with van der Waals surface area (Å²) in [5, 5.41) is 7.66. The number of aromatic nitrogens is 3. The normalized spacial score (nSPS) is 10.7. The van der Waals surface area contributed by atoms with E-state index < -0.39 is 0 Å². The molecular weight excluding hydrogens is 376 g/mol. The molecule has 1 aromatic carbocycles. The van der Waals surface area contributed by atoms with Gasteiger partial charge in [0.1, 0.15) is 5.15 Å². The first-order valence-electron chi connectivity index (χ1n) is 9.12. The number of nitrogens with one attached hydrogen (secondary N) is 1. The first-order valence-corrected chi connectivity index (χ1v) is 9.50. The predicted molar refractivity (Wildman–Crippen MR) is 109 cm³/mol. The molecule has 0 saturated heterocycles. The topological polar surface area (TPSA) is 69.0 Å². The van der Waals surface area contributed by atoms with Crippen molar-refractivity contribution in [3.8, 4) is 5.88 Å². The molecule has 3 rings (SSSR count). The number of carbonyl (C=O) groups excluding carboxylic acids is 1. The van der Waals surface area contributed by atoms with E-state index in [1.165, 1.54) is 5.56 Å². The maximum atomic E-state index is 12.7. The van der Waals surface area contributed by atoms with Gasteiger partial charge in [-0.3, -0.25) is 4.79 Å². The Morgan fingerprint density at radius 1 is 1.18 bits per heavy atom. The number of rotatable bonds is 7. The van der Waals surface area contributed by atoms with E-state index in [4.69, 9.17) is 16.3 Å². The average Bonchev–Trinajstić information content (AvgIpc) is 2.95. The van der Waals surface area contributed by atoms with Crippen LogP contribution in [0.1, 0.15) is 39.7 Å².